The van der Waals surface area contributed by atoms with Gasteiger partial charge in [-0.15, -0.1) is 0 Å². The van der Waals surface area contributed by atoms with Crippen molar-refractivity contribution < 1.29 is 4.79 Å². The zero-order chi connectivity index (χ0) is 20.2. The maximum atomic E-state index is 13.2. The van der Waals surface area contributed by atoms with Crippen LogP contribution in [0, 0.1) is 6.92 Å². The first-order chi connectivity index (χ1) is 14.1. The molecule has 0 bridgehead atoms. The summed E-state index contributed by atoms with van der Waals surface area (Å²) in [6, 6.07) is 27.1. The van der Waals surface area contributed by atoms with Crippen LogP contribution < -0.4 is 5.32 Å². The van der Waals surface area contributed by atoms with E-state index in [9.17, 15) is 4.79 Å². The van der Waals surface area contributed by atoms with E-state index in [2.05, 4.69) is 5.32 Å². The third-order valence-corrected chi connectivity index (χ3v) is 4.97. The molecule has 0 aliphatic rings. The third-order valence-electron chi connectivity index (χ3n) is 4.73. The molecule has 29 heavy (non-hydrogen) atoms. The lowest BCUT2D eigenvalue weighted by atomic mass is 10.1. The molecule has 144 valence electrons. The van der Waals surface area contributed by atoms with Crippen LogP contribution in [0.3, 0.4) is 0 Å². The van der Waals surface area contributed by atoms with Gasteiger partial charge in [0.2, 0.25) is 0 Å². The van der Waals surface area contributed by atoms with Gasteiger partial charge >= 0.3 is 0 Å². The molecule has 5 heteroatoms. The summed E-state index contributed by atoms with van der Waals surface area (Å²) < 4.78 is 1.82. The van der Waals surface area contributed by atoms with Crippen molar-refractivity contribution in [1.29, 1.82) is 0 Å². The van der Waals surface area contributed by atoms with Gasteiger partial charge in [-0.25, -0.2) is 4.68 Å². The van der Waals surface area contributed by atoms with E-state index in [4.69, 9.17) is 16.7 Å². The van der Waals surface area contributed by atoms with Gasteiger partial charge in [0.15, 0.2) is 0 Å². The van der Waals surface area contributed by atoms with Crippen LogP contribution >= 0.6 is 11.6 Å². The molecular weight excluding hydrogens is 382 g/mol. The Balaban J connectivity index is 1.72. The monoisotopic (exact) mass is 401 g/mol. The second-order valence-electron chi connectivity index (χ2n) is 6.73. The van der Waals surface area contributed by atoms with Crippen LogP contribution in [0.25, 0.3) is 16.9 Å². The Morgan fingerprint density at radius 3 is 2.34 bits per heavy atom. The normalized spacial score (nSPS) is 10.7. The van der Waals surface area contributed by atoms with E-state index in [1.54, 1.807) is 0 Å². The Bertz CT molecular complexity index is 1140. The zero-order valence-electron chi connectivity index (χ0n) is 16.0. The van der Waals surface area contributed by atoms with Crippen LogP contribution in [-0.4, -0.2) is 15.7 Å². The Kier molecular flexibility index (Phi) is 5.45. The number of hydrogen-bond donors (Lipinski definition) is 1. The number of carbonyl (C=O) groups is 1. The lowest BCUT2D eigenvalue weighted by Crippen LogP contribution is -2.24. The minimum Gasteiger partial charge on any atom is -0.348 e. The molecule has 0 radical (unpaired) electrons. The summed E-state index contributed by atoms with van der Waals surface area (Å²) in [7, 11) is 0. The molecule has 0 unspecified atom stereocenters. The molecule has 0 saturated heterocycles. The van der Waals surface area contributed by atoms with Crippen molar-refractivity contribution in [3.05, 3.63) is 107 Å². The summed E-state index contributed by atoms with van der Waals surface area (Å²) in [6.07, 6.45) is 0. The molecule has 1 amide bonds. The number of carbonyl (C=O) groups excluding carboxylic acids is 1. The first-order valence-corrected chi connectivity index (χ1v) is 9.74. The van der Waals surface area contributed by atoms with Gasteiger partial charge in [-0.1, -0.05) is 72.3 Å². The van der Waals surface area contributed by atoms with E-state index < -0.39 is 0 Å². The van der Waals surface area contributed by atoms with Crippen molar-refractivity contribution in [2.45, 2.75) is 13.5 Å². The first-order valence-electron chi connectivity index (χ1n) is 9.36. The van der Waals surface area contributed by atoms with Crippen LogP contribution in [-0.2, 0) is 6.54 Å². The molecule has 1 heterocycles. The van der Waals surface area contributed by atoms with Gasteiger partial charge < -0.3 is 5.32 Å². The molecule has 0 spiro atoms. The molecule has 0 aliphatic heterocycles. The Labute approximate surface area is 174 Å². The van der Waals surface area contributed by atoms with Crippen LogP contribution in [0.15, 0.2) is 84.9 Å². The van der Waals surface area contributed by atoms with Crippen molar-refractivity contribution in [1.82, 2.24) is 15.1 Å². The molecule has 4 rings (SSSR count). The first kappa shape index (κ1) is 19.0. The molecular formula is C24H20ClN3O. The number of halogens is 1. The van der Waals surface area contributed by atoms with E-state index >= 15 is 0 Å². The highest BCUT2D eigenvalue weighted by molar-refractivity contribution is 6.30. The average molecular weight is 402 g/mol. The van der Waals surface area contributed by atoms with Gasteiger partial charge in [-0.3, -0.25) is 4.79 Å². The highest BCUT2D eigenvalue weighted by Gasteiger charge is 2.22. The fraction of sp³-hybridized carbons (Fsp3) is 0.0833. The van der Waals surface area contributed by atoms with Crippen molar-refractivity contribution in [3.8, 4) is 16.9 Å². The number of aromatic nitrogens is 2. The van der Waals surface area contributed by atoms with Gasteiger partial charge in [-0.05, 0) is 36.8 Å². The number of hydrogen-bond acceptors (Lipinski definition) is 2. The molecule has 0 atom stereocenters. The highest BCUT2D eigenvalue weighted by atomic mass is 35.5. The van der Waals surface area contributed by atoms with E-state index in [1.165, 1.54) is 0 Å². The summed E-state index contributed by atoms with van der Waals surface area (Å²) in [6.45, 7) is 2.31. The third kappa shape index (κ3) is 4.08. The van der Waals surface area contributed by atoms with Crippen molar-refractivity contribution in [2.75, 3.05) is 0 Å². The Hall–Kier alpha value is -3.37. The zero-order valence-corrected chi connectivity index (χ0v) is 16.7. The minimum atomic E-state index is -0.163. The molecule has 4 nitrogen and oxygen atoms in total. The smallest absolute Gasteiger partial charge is 0.255 e. The highest BCUT2D eigenvalue weighted by Crippen LogP contribution is 2.27. The van der Waals surface area contributed by atoms with E-state index in [-0.39, 0.29) is 5.91 Å². The van der Waals surface area contributed by atoms with Crippen LogP contribution in [0.4, 0.5) is 0 Å². The molecule has 0 fully saturated rings. The fourth-order valence-corrected chi connectivity index (χ4v) is 3.52. The summed E-state index contributed by atoms with van der Waals surface area (Å²) in [5, 5.41) is 8.43. The number of para-hydroxylation sites is 1. The number of nitrogens with zero attached hydrogens (tertiary/aromatic N) is 2. The molecule has 0 aliphatic carbocycles. The van der Waals surface area contributed by atoms with Crippen molar-refractivity contribution >= 4 is 17.5 Å². The van der Waals surface area contributed by atoms with Gasteiger partial charge in [0.05, 0.1) is 16.9 Å². The lowest BCUT2D eigenvalue weighted by Gasteiger charge is -2.08. The second kappa shape index (κ2) is 8.33. The maximum Gasteiger partial charge on any atom is 0.255 e. The fourth-order valence-electron chi connectivity index (χ4n) is 3.31. The predicted molar refractivity (Wildman–Crippen MR) is 116 cm³/mol. The van der Waals surface area contributed by atoms with Crippen LogP contribution in [0.2, 0.25) is 5.02 Å². The molecule has 0 saturated carbocycles. The summed E-state index contributed by atoms with van der Waals surface area (Å²) in [5.74, 6) is -0.163. The van der Waals surface area contributed by atoms with Gasteiger partial charge in [0, 0.05) is 17.1 Å². The van der Waals surface area contributed by atoms with Crippen LogP contribution in [0.1, 0.15) is 21.6 Å². The second-order valence-corrected chi connectivity index (χ2v) is 7.17. The molecule has 1 aromatic heterocycles. The Morgan fingerprint density at radius 1 is 0.966 bits per heavy atom. The van der Waals surface area contributed by atoms with E-state index in [0.29, 0.717) is 22.8 Å². The molecule has 1 N–H and O–H groups in total. The maximum absolute atomic E-state index is 13.2. The average Bonchev–Trinajstić information content (AvgIpc) is 3.10. The minimum absolute atomic E-state index is 0.163. The largest absolute Gasteiger partial charge is 0.348 e. The summed E-state index contributed by atoms with van der Waals surface area (Å²) in [5.41, 5.74) is 4.78. The van der Waals surface area contributed by atoms with Gasteiger partial charge in [0.1, 0.15) is 5.69 Å². The van der Waals surface area contributed by atoms with E-state index in [0.717, 1.165) is 22.5 Å². The van der Waals surface area contributed by atoms with Gasteiger partial charge in [-0.2, -0.15) is 5.10 Å². The number of rotatable bonds is 5. The molecule has 3 aromatic carbocycles. The topological polar surface area (TPSA) is 46.9 Å². The number of amides is 1. The van der Waals surface area contributed by atoms with Crippen molar-refractivity contribution in [2.24, 2.45) is 0 Å². The lowest BCUT2D eigenvalue weighted by molar-refractivity contribution is 0.0951. The summed E-state index contributed by atoms with van der Waals surface area (Å²) in [4.78, 5) is 13.2. The Morgan fingerprint density at radius 2 is 1.66 bits per heavy atom. The standard InChI is InChI=1S/C24H20ClN3O/c1-17-22(24(29)26-16-18-9-8-12-20(25)15-18)23(19-10-4-2-5-11-19)27-28(17)21-13-6-3-7-14-21/h2-15H,16H2,1H3,(H,26,29). The quantitative estimate of drug-likeness (QED) is 0.484. The number of nitrogens with one attached hydrogen (secondary N) is 1. The summed E-state index contributed by atoms with van der Waals surface area (Å²) >= 11 is 6.05. The SMILES string of the molecule is Cc1c(C(=O)NCc2cccc(Cl)c2)c(-c2ccccc2)nn1-c1ccccc1. The molecule has 4 aromatic rings. The number of benzene rings is 3. The predicted octanol–water partition coefficient (Wildman–Crippen LogP) is 5.43. The van der Waals surface area contributed by atoms with Gasteiger partial charge in [0.25, 0.3) is 5.91 Å². The van der Waals surface area contributed by atoms with Crippen molar-refractivity contribution in [3.63, 3.8) is 0 Å². The van der Waals surface area contributed by atoms with Crippen LogP contribution in [0.5, 0.6) is 0 Å². The van der Waals surface area contributed by atoms with E-state index in [1.807, 2.05) is 96.5 Å².